The van der Waals surface area contributed by atoms with E-state index in [1.165, 1.54) is 49.9 Å². The third-order valence-corrected chi connectivity index (χ3v) is 5.76. The molecule has 0 saturated carbocycles. The highest BCUT2D eigenvalue weighted by Crippen LogP contribution is 2.44. The van der Waals surface area contributed by atoms with E-state index in [0.717, 1.165) is 6.04 Å². The average molecular weight is 267 g/mol. The SMILES string of the molecule is CN1CCN2CCc3c4n(c5ccccc35)CC[C@@H]1[C@H]42. The molecule has 0 bridgehead atoms. The summed E-state index contributed by atoms with van der Waals surface area (Å²) < 4.78 is 2.62. The smallest absolute Gasteiger partial charge is 0.0662 e. The molecule has 20 heavy (non-hydrogen) atoms. The van der Waals surface area contributed by atoms with Crippen LogP contribution in [-0.2, 0) is 13.0 Å². The second-order valence-electron chi connectivity index (χ2n) is 6.60. The summed E-state index contributed by atoms with van der Waals surface area (Å²) in [4.78, 5) is 5.33. The van der Waals surface area contributed by atoms with Crippen molar-refractivity contribution in [1.82, 2.24) is 14.4 Å². The molecule has 2 atom stereocenters. The van der Waals surface area contributed by atoms with Crippen LogP contribution in [0.25, 0.3) is 10.9 Å². The minimum absolute atomic E-state index is 0.638. The molecule has 0 N–H and O–H groups in total. The molecule has 4 heterocycles. The lowest BCUT2D eigenvalue weighted by Gasteiger charge is -2.51. The summed E-state index contributed by atoms with van der Waals surface area (Å²) >= 11 is 0. The van der Waals surface area contributed by atoms with Gasteiger partial charge in [0.05, 0.1) is 6.04 Å². The van der Waals surface area contributed by atoms with Gasteiger partial charge in [-0.3, -0.25) is 4.90 Å². The van der Waals surface area contributed by atoms with Gasteiger partial charge in [-0.15, -0.1) is 0 Å². The molecule has 1 saturated heterocycles. The van der Waals surface area contributed by atoms with Crippen LogP contribution in [0.5, 0.6) is 0 Å². The summed E-state index contributed by atoms with van der Waals surface area (Å²) in [6, 6.07) is 10.4. The van der Waals surface area contributed by atoms with Crippen molar-refractivity contribution < 1.29 is 0 Å². The van der Waals surface area contributed by atoms with Crippen molar-refractivity contribution in [1.29, 1.82) is 0 Å². The zero-order valence-corrected chi connectivity index (χ0v) is 12.0. The highest BCUT2D eigenvalue weighted by atomic mass is 15.3. The van der Waals surface area contributed by atoms with E-state index in [2.05, 4.69) is 45.7 Å². The molecule has 0 aliphatic carbocycles. The molecular formula is C17H21N3. The molecule has 1 aromatic heterocycles. The van der Waals surface area contributed by atoms with Crippen LogP contribution in [0, 0.1) is 0 Å². The van der Waals surface area contributed by atoms with E-state index in [4.69, 9.17) is 0 Å². The van der Waals surface area contributed by atoms with Gasteiger partial charge in [0.25, 0.3) is 0 Å². The Hall–Kier alpha value is -1.32. The first-order valence-corrected chi connectivity index (χ1v) is 7.89. The minimum Gasteiger partial charge on any atom is -0.343 e. The summed E-state index contributed by atoms with van der Waals surface area (Å²) in [7, 11) is 2.31. The van der Waals surface area contributed by atoms with Crippen LogP contribution in [0.3, 0.4) is 0 Å². The Labute approximate surface area is 119 Å². The first-order valence-electron chi connectivity index (χ1n) is 7.89. The van der Waals surface area contributed by atoms with Crippen molar-refractivity contribution in [2.24, 2.45) is 0 Å². The molecule has 0 spiro atoms. The van der Waals surface area contributed by atoms with Crippen LogP contribution in [0.2, 0.25) is 0 Å². The zero-order valence-electron chi connectivity index (χ0n) is 12.0. The van der Waals surface area contributed by atoms with Crippen LogP contribution >= 0.6 is 0 Å². The molecular weight excluding hydrogens is 246 g/mol. The van der Waals surface area contributed by atoms with Crippen LogP contribution in [0.15, 0.2) is 24.3 Å². The molecule has 5 rings (SSSR count). The summed E-state index contributed by atoms with van der Waals surface area (Å²) in [5.41, 5.74) is 4.74. The number of piperazine rings is 1. The molecule has 0 amide bonds. The monoisotopic (exact) mass is 267 g/mol. The van der Waals surface area contributed by atoms with Crippen molar-refractivity contribution in [2.75, 3.05) is 26.7 Å². The fourth-order valence-corrected chi connectivity index (χ4v) is 4.81. The number of hydrogen-bond donors (Lipinski definition) is 0. The van der Waals surface area contributed by atoms with Gasteiger partial charge in [-0.05, 0) is 31.5 Å². The van der Waals surface area contributed by atoms with Gasteiger partial charge in [-0.25, -0.2) is 0 Å². The normalized spacial score (nSPS) is 29.6. The Morgan fingerprint density at radius 1 is 1.05 bits per heavy atom. The first kappa shape index (κ1) is 11.4. The van der Waals surface area contributed by atoms with Crippen molar-refractivity contribution in [3.8, 4) is 0 Å². The van der Waals surface area contributed by atoms with Crippen LogP contribution in [0.1, 0.15) is 23.7 Å². The maximum absolute atomic E-state index is 2.74. The summed E-state index contributed by atoms with van der Waals surface area (Å²) in [6.07, 6.45) is 2.53. The number of para-hydroxylation sites is 1. The van der Waals surface area contributed by atoms with Gasteiger partial charge in [0.2, 0.25) is 0 Å². The molecule has 2 aromatic rings. The van der Waals surface area contributed by atoms with Crippen LogP contribution in [-0.4, -0.2) is 47.1 Å². The van der Waals surface area contributed by atoms with Gasteiger partial charge in [0, 0.05) is 48.8 Å². The predicted octanol–water partition coefficient (Wildman–Crippen LogP) is 2.26. The van der Waals surface area contributed by atoms with E-state index >= 15 is 0 Å². The number of nitrogens with zero attached hydrogens (tertiary/aromatic N) is 3. The zero-order chi connectivity index (χ0) is 13.3. The van der Waals surface area contributed by atoms with Crippen molar-refractivity contribution >= 4 is 10.9 Å². The highest BCUT2D eigenvalue weighted by Gasteiger charge is 2.43. The number of benzene rings is 1. The van der Waals surface area contributed by atoms with Crippen LogP contribution < -0.4 is 0 Å². The van der Waals surface area contributed by atoms with Crippen molar-refractivity contribution in [3.63, 3.8) is 0 Å². The number of hydrogen-bond acceptors (Lipinski definition) is 2. The second-order valence-corrected chi connectivity index (χ2v) is 6.60. The molecule has 1 aromatic carbocycles. The lowest BCUT2D eigenvalue weighted by molar-refractivity contribution is 0.00715. The van der Waals surface area contributed by atoms with E-state index < -0.39 is 0 Å². The molecule has 3 heteroatoms. The standard InChI is InChI=1S/C17H21N3/c1-18-10-11-19-8-6-13-12-4-2-3-5-14(12)20-9-7-15(18)17(19)16(13)20/h2-5,15,17H,6-11H2,1H3/t15-,17-/m1/s1. The van der Waals surface area contributed by atoms with E-state index in [0.29, 0.717) is 6.04 Å². The maximum Gasteiger partial charge on any atom is 0.0662 e. The third kappa shape index (κ3) is 1.28. The summed E-state index contributed by atoms with van der Waals surface area (Å²) in [5.74, 6) is 0. The number of likely N-dealkylation sites (N-methyl/N-ethyl adjacent to an activating group) is 1. The van der Waals surface area contributed by atoms with Gasteiger partial charge in [-0.1, -0.05) is 18.2 Å². The van der Waals surface area contributed by atoms with Crippen molar-refractivity contribution in [2.45, 2.75) is 31.5 Å². The van der Waals surface area contributed by atoms with Crippen molar-refractivity contribution in [3.05, 3.63) is 35.5 Å². The lowest BCUT2D eigenvalue weighted by Crippen LogP contribution is -2.57. The van der Waals surface area contributed by atoms with Gasteiger partial charge >= 0.3 is 0 Å². The average Bonchev–Trinajstić information content (AvgIpc) is 2.83. The Morgan fingerprint density at radius 3 is 2.90 bits per heavy atom. The second kappa shape index (κ2) is 3.86. The number of aromatic nitrogens is 1. The molecule has 3 aliphatic rings. The Bertz CT molecular complexity index is 654. The summed E-state index contributed by atoms with van der Waals surface area (Å²) in [5, 5.41) is 1.51. The van der Waals surface area contributed by atoms with Gasteiger partial charge in [0.1, 0.15) is 0 Å². The number of rotatable bonds is 0. The number of fused-ring (bicyclic) bond motifs is 3. The highest BCUT2D eigenvalue weighted by molar-refractivity contribution is 5.86. The molecule has 104 valence electrons. The van der Waals surface area contributed by atoms with Gasteiger partial charge in [0.15, 0.2) is 0 Å². The summed E-state index contributed by atoms with van der Waals surface area (Å²) in [6.45, 7) is 4.90. The van der Waals surface area contributed by atoms with E-state index in [-0.39, 0.29) is 0 Å². The topological polar surface area (TPSA) is 11.4 Å². The molecule has 1 fully saturated rings. The fourth-order valence-electron chi connectivity index (χ4n) is 4.81. The van der Waals surface area contributed by atoms with Gasteiger partial charge in [-0.2, -0.15) is 0 Å². The Kier molecular flexibility index (Phi) is 2.19. The lowest BCUT2D eigenvalue weighted by atomic mass is 9.86. The Balaban J connectivity index is 1.81. The number of aryl methyl sites for hydroxylation is 1. The minimum atomic E-state index is 0.638. The largest absolute Gasteiger partial charge is 0.343 e. The van der Waals surface area contributed by atoms with Gasteiger partial charge < -0.3 is 9.47 Å². The third-order valence-electron chi connectivity index (χ3n) is 5.76. The van der Waals surface area contributed by atoms with E-state index in [1.54, 1.807) is 11.3 Å². The maximum atomic E-state index is 2.74. The predicted molar refractivity (Wildman–Crippen MR) is 81.0 cm³/mol. The quantitative estimate of drug-likeness (QED) is 0.725. The molecule has 3 aliphatic heterocycles. The van der Waals surface area contributed by atoms with E-state index in [1.807, 2.05) is 0 Å². The fraction of sp³-hybridized carbons (Fsp3) is 0.529. The first-order chi connectivity index (χ1) is 9.84. The molecule has 0 unspecified atom stereocenters. The Morgan fingerprint density at radius 2 is 1.95 bits per heavy atom. The van der Waals surface area contributed by atoms with E-state index in [9.17, 15) is 0 Å². The molecule has 3 nitrogen and oxygen atoms in total. The molecule has 0 radical (unpaired) electrons. The van der Waals surface area contributed by atoms with Crippen LogP contribution in [0.4, 0.5) is 0 Å².